The predicted molar refractivity (Wildman–Crippen MR) is 106 cm³/mol. The molecule has 1 aliphatic heterocycles. The largest absolute Gasteiger partial charge is 0.427 e. The Hall–Kier alpha value is -3.01. The van der Waals surface area contributed by atoms with Crippen molar-refractivity contribution in [2.24, 2.45) is 0 Å². The third-order valence-electron chi connectivity index (χ3n) is 4.68. The molecule has 132 valence electrons. The van der Waals surface area contributed by atoms with Gasteiger partial charge in [0.05, 0.1) is 0 Å². The third kappa shape index (κ3) is 3.23. The van der Waals surface area contributed by atoms with Crippen LogP contribution in [0.2, 0.25) is 0 Å². The van der Waals surface area contributed by atoms with E-state index in [1.165, 1.54) is 10.8 Å². The number of hydrogen-bond donors (Lipinski definition) is 2. The molecule has 0 unspecified atom stereocenters. The smallest absolute Gasteiger partial charge is 0.311 e. The van der Waals surface area contributed by atoms with Gasteiger partial charge in [0.15, 0.2) is 0 Å². The number of esters is 1. The van der Waals surface area contributed by atoms with E-state index in [1.54, 1.807) is 0 Å². The summed E-state index contributed by atoms with van der Waals surface area (Å²) < 4.78 is 5.38. The van der Waals surface area contributed by atoms with Gasteiger partial charge < -0.3 is 15.4 Å². The molecule has 0 amide bonds. The highest BCUT2D eigenvalue weighted by atomic mass is 16.5. The van der Waals surface area contributed by atoms with Gasteiger partial charge in [0.2, 0.25) is 0 Å². The van der Waals surface area contributed by atoms with E-state index in [9.17, 15) is 4.79 Å². The zero-order valence-electron chi connectivity index (χ0n) is 14.8. The molecule has 3 aromatic carbocycles. The van der Waals surface area contributed by atoms with Crippen molar-refractivity contribution in [1.82, 2.24) is 0 Å². The van der Waals surface area contributed by atoms with Crippen LogP contribution in [0, 0.1) is 0 Å². The average molecular weight is 346 g/mol. The van der Waals surface area contributed by atoms with Crippen molar-refractivity contribution in [1.29, 1.82) is 0 Å². The molecule has 0 atom stereocenters. The Morgan fingerprint density at radius 2 is 1.62 bits per heavy atom. The summed E-state index contributed by atoms with van der Waals surface area (Å²) in [6.07, 6.45) is 2.28. The molecule has 4 rings (SSSR count). The summed E-state index contributed by atoms with van der Waals surface area (Å²) in [6, 6.07) is 20.2. The zero-order valence-corrected chi connectivity index (χ0v) is 14.8. The second-order valence-corrected chi connectivity index (χ2v) is 6.58. The Balaban J connectivity index is 1.51. The SMILES string of the molecule is CCCCC(=O)Oc1ccc(C2Nc3cccc4cccc(c34)N2)cc1. The fourth-order valence-electron chi connectivity index (χ4n) is 3.33. The molecular formula is C22H22N2O2. The summed E-state index contributed by atoms with van der Waals surface area (Å²) in [5.74, 6) is 0.419. The van der Waals surface area contributed by atoms with E-state index in [-0.39, 0.29) is 12.1 Å². The predicted octanol–water partition coefficient (Wildman–Crippen LogP) is 5.47. The van der Waals surface area contributed by atoms with E-state index in [2.05, 4.69) is 54.0 Å². The standard InChI is InChI=1S/C22H22N2O2/c1-2-3-10-20(25)26-17-13-11-16(12-14-17)22-23-18-8-4-6-15-7-5-9-19(24-22)21(15)18/h4-9,11-14,22-24H,2-3,10H2,1H3. The van der Waals surface area contributed by atoms with Crippen LogP contribution in [0.4, 0.5) is 11.4 Å². The van der Waals surface area contributed by atoms with E-state index < -0.39 is 0 Å². The lowest BCUT2D eigenvalue weighted by molar-refractivity contribution is -0.134. The lowest BCUT2D eigenvalue weighted by Crippen LogP contribution is -2.23. The molecule has 1 aliphatic rings. The van der Waals surface area contributed by atoms with Crippen molar-refractivity contribution in [3.05, 3.63) is 66.2 Å². The highest BCUT2D eigenvalue weighted by molar-refractivity contribution is 6.04. The lowest BCUT2D eigenvalue weighted by atomic mass is 10.0. The molecule has 0 fully saturated rings. The van der Waals surface area contributed by atoms with Gasteiger partial charge in [-0.15, -0.1) is 0 Å². The fraction of sp³-hybridized carbons (Fsp3) is 0.227. The Morgan fingerprint density at radius 1 is 0.962 bits per heavy atom. The number of benzene rings is 3. The maximum Gasteiger partial charge on any atom is 0.311 e. The van der Waals surface area contributed by atoms with Crippen LogP contribution >= 0.6 is 0 Å². The molecule has 0 radical (unpaired) electrons. The Kier molecular flexibility index (Phi) is 4.48. The Morgan fingerprint density at radius 3 is 2.23 bits per heavy atom. The van der Waals surface area contributed by atoms with E-state index in [0.717, 1.165) is 29.8 Å². The number of hydrogen-bond acceptors (Lipinski definition) is 4. The molecule has 2 N–H and O–H groups in total. The van der Waals surface area contributed by atoms with Crippen LogP contribution in [0.25, 0.3) is 10.8 Å². The van der Waals surface area contributed by atoms with Crippen LogP contribution in [0.3, 0.4) is 0 Å². The van der Waals surface area contributed by atoms with Crippen LogP contribution in [-0.4, -0.2) is 5.97 Å². The Labute approximate surface area is 153 Å². The summed E-state index contributed by atoms with van der Waals surface area (Å²) >= 11 is 0. The molecule has 0 aromatic heterocycles. The zero-order chi connectivity index (χ0) is 17.9. The highest BCUT2D eigenvalue weighted by Gasteiger charge is 2.20. The summed E-state index contributed by atoms with van der Waals surface area (Å²) in [6.45, 7) is 2.06. The van der Waals surface area contributed by atoms with Crippen molar-refractivity contribution in [3.8, 4) is 5.75 Å². The molecule has 0 saturated heterocycles. The number of rotatable bonds is 5. The van der Waals surface area contributed by atoms with Gasteiger partial charge in [-0.3, -0.25) is 4.79 Å². The molecule has 0 saturated carbocycles. The van der Waals surface area contributed by atoms with Crippen LogP contribution < -0.4 is 15.4 Å². The van der Waals surface area contributed by atoms with Crippen molar-refractivity contribution < 1.29 is 9.53 Å². The van der Waals surface area contributed by atoms with Crippen LogP contribution in [0.5, 0.6) is 5.75 Å². The number of carbonyl (C=O) groups excluding carboxylic acids is 1. The fourth-order valence-corrected chi connectivity index (χ4v) is 3.33. The van der Waals surface area contributed by atoms with Gasteiger partial charge in [-0.05, 0) is 41.6 Å². The first-order valence-electron chi connectivity index (χ1n) is 9.10. The van der Waals surface area contributed by atoms with E-state index >= 15 is 0 Å². The monoisotopic (exact) mass is 346 g/mol. The molecule has 0 aliphatic carbocycles. The van der Waals surface area contributed by atoms with Crippen LogP contribution in [0.15, 0.2) is 60.7 Å². The van der Waals surface area contributed by atoms with Gasteiger partial charge >= 0.3 is 5.97 Å². The van der Waals surface area contributed by atoms with Crippen LogP contribution in [-0.2, 0) is 4.79 Å². The number of ether oxygens (including phenoxy) is 1. The second-order valence-electron chi connectivity index (χ2n) is 6.58. The lowest BCUT2D eigenvalue weighted by Gasteiger charge is -2.29. The molecule has 0 spiro atoms. The van der Waals surface area contributed by atoms with Crippen molar-refractivity contribution >= 4 is 28.1 Å². The van der Waals surface area contributed by atoms with Gasteiger partial charge in [-0.2, -0.15) is 0 Å². The summed E-state index contributed by atoms with van der Waals surface area (Å²) in [5, 5.41) is 9.52. The second kappa shape index (κ2) is 7.08. The number of unbranched alkanes of at least 4 members (excludes halogenated alkanes) is 1. The first-order chi connectivity index (χ1) is 12.7. The Bertz CT molecular complexity index is 894. The minimum absolute atomic E-state index is 0.0275. The van der Waals surface area contributed by atoms with Gasteiger partial charge in [0, 0.05) is 23.2 Å². The highest BCUT2D eigenvalue weighted by Crippen LogP contribution is 2.38. The summed E-state index contributed by atoms with van der Waals surface area (Å²) in [5.41, 5.74) is 3.33. The minimum Gasteiger partial charge on any atom is -0.427 e. The maximum absolute atomic E-state index is 11.8. The number of nitrogens with one attached hydrogen (secondary N) is 2. The number of carbonyl (C=O) groups is 1. The normalized spacial score (nSPS) is 13.1. The topological polar surface area (TPSA) is 50.4 Å². The molecule has 4 heteroatoms. The van der Waals surface area contributed by atoms with Crippen molar-refractivity contribution in [3.63, 3.8) is 0 Å². The van der Waals surface area contributed by atoms with Crippen molar-refractivity contribution in [2.75, 3.05) is 10.6 Å². The van der Waals surface area contributed by atoms with Gasteiger partial charge in [-0.25, -0.2) is 0 Å². The first-order valence-corrected chi connectivity index (χ1v) is 9.10. The molecular weight excluding hydrogens is 324 g/mol. The maximum atomic E-state index is 11.8. The molecule has 4 nitrogen and oxygen atoms in total. The van der Waals surface area contributed by atoms with Gasteiger partial charge in [0.25, 0.3) is 0 Å². The summed E-state index contributed by atoms with van der Waals surface area (Å²) in [7, 11) is 0. The van der Waals surface area contributed by atoms with Crippen molar-refractivity contribution in [2.45, 2.75) is 32.4 Å². The quantitative estimate of drug-likeness (QED) is 0.475. The molecule has 1 heterocycles. The van der Waals surface area contributed by atoms with E-state index in [4.69, 9.17) is 4.74 Å². The molecule has 26 heavy (non-hydrogen) atoms. The van der Waals surface area contributed by atoms with Gasteiger partial charge in [0.1, 0.15) is 11.9 Å². The van der Waals surface area contributed by atoms with E-state index in [0.29, 0.717) is 12.2 Å². The summed E-state index contributed by atoms with van der Waals surface area (Å²) in [4.78, 5) is 11.8. The molecule has 3 aromatic rings. The first kappa shape index (κ1) is 16.5. The van der Waals surface area contributed by atoms with Crippen LogP contribution in [0.1, 0.15) is 37.9 Å². The van der Waals surface area contributed by atoms with E-state index in [1.807, 2.05) is 24.3 Å². The third-order valence-corrected chi connectivity index (χ3v) is 4.68. The minimum atomic E-state index is -0.172. The number of anilines is 2. The molecule has 0 bridgehead atoms. The van der Waals surface area contributed by atoms with Gasteiger partial charge in [-0.1, -0.05) is 49.7 Å². The average Bonchev–Trinajstić information content (AvgIpc) is 2.67.